The quantitative estimate of drug-likeness (QED) is 0.811. The first-order chi connectivity index (χ1) is 8.22. The van der Waals surface area contributed by atoms with Crippen LogP contribution in [-0.4, -0.2) is 25.8 Å². The van der Waals surface area contributed by atoms with Crippen molar-refractivity contribution < 1.29 is 4.74 Å². The predicted octanol–water partition coefficient (Wildman–Crippen LogP) is 2.44. The molecule has 5 aliphatic rings. The summed E-state index contributed by atoms with van der Waals surface area (Å²) in [5.74, 6) is 4.21. The van der Waals surface area contributed by atoms with Crippen LogP contribution in [0, 0.1) is 29.1 Å². The molecule has 17 heavy (non-hydrogen) atoms. The van der Waals surface area contributed by atoms with E-state index in [4.69, 9.17) is 4.74 Å². The molecule has 4 aliphatic carbocycles. The van der Waals surface area contributed by atoms with Gasteiger partial charge in [-0.3, -0.25) is 0 Å². The Morgan fingerprint density at radius 3 is 2.06 bits per heavy atom. The Bertz CT molecular complexity index is 282. The highest BCUT2D eigenvalue weighted by atomic mass is 16.5. The molecule has 1 heterocycles. The first kappa shape index (κ1) is 10.8. The van der Waals surface area contributed by atoms with Gasteiger partial charge in [0, 0.05) is 18.0 Å². The number of ether oxygens (including phenoxy) is 1. The van der Waals surface area contributed by atoms with E-state index in [0.717, 1.165) is 42.9 Å². The lowest BCUT2D eigenvalue weighted by atomic mass is 9.54. The zero-order valence-electron chi connectivity index (χ0n) is 11.0. The van der Waals surface area contributed by atoms with Crippen molar-refractivity contribution in [2.24, 2.45) is 29.1 Å². The molecule has 0 spiro atoms. The maximum Gasteiger partial charge on any atom is 0.0554 e. The van der Waals surface area contributed by atoms with E-state index < -0.39 is 0 Å². The molecule has 4 bridgehead atoms. The summed E-state index contributed by atoms with van der Waals surface area (Å²) in [5, 5.41) is 3.93. The second kappa shape index (κ2) is 3.71. The lowest BCUT2D eigenvalue weighted by Gasteiger charge is -2.55. The minimum absolute atomic E-state index is 0.439. The Kier molecular flexibility index (Phi) is 2.36. The molecule has 0 aromatic rings. The van der Waals surface area contributed by atoms with Crippen LogP contribution >= 0.6 is 0 Å². The van der Waals surface area contributed by atoms with E-state index >= 15 is 0 Å². The highest BCUT2D eigenvalue weighted by Gasteiger charge is 2.48. The second-order valence-corrected chi connectivity index (χ2v) is 7.64. The van der Waals surface area contributed by atoms with E-state index in [1.165, 1.54) is 32.2 Å². The van der Waals surface area contributed by atoms with Crippen molar-refractivity contribution in [1.29, 1.82) is 0 Å². The lowest BCUT2D eigenvalue weighted by molar-refractivity contribution is -0.106. The van der Waals surface area contributed by atoms with Crippen LogP contribution in [0.4, 0.5) is 0 Å². The van der Waals surface area contributed by atoms with Crippen LogP contribution in [0.25, 0.3) is 0 Å². The highest BCUT2D eigenvalue weighted by molar-refractivity contribution is 5.02. The number of hydrogen-bond acceptors (Lipinski definition) is 2. The summed E-state index contributed by atoms with van der Waals surface area (Å²) in [6, 6.07) is 0.847. The van der Waals surface area contributed by atoms with Gasteiger partial charge < -0.3 is 10.1 Å². The second-order valence-electron chi connectivity index (χ2n) is 7.64. The summed E-state index contributed by atoms with van der Waals surface area (Å²) in [6.07, 6.45) is 7.66. The van der Waals surface area contributed by atoms with E-state index in [-0.39, 0.29) is 0 Å². The van der Waals surface area contributed by atoms with Crippen molar-refractivity contribution in [2.75, 3.05) is 19.8 Å². The number of hydrogen-bond donors (Lipinski definition) is 1. The van der Waals surface area contributed by atoms with Crippen LogP contribution in [0.5, 0.6) is 0 Å². The maximum atomic E-state index is 5.36. The van der Waals surface area contributed by atoms with Gasteiger partial charge in [-0.2, -0.15) is 0 Å². The molecule has 0 unspecified atom stereocenters. The molecule has 1 aliphatic heterocycles. The van der Waals surface area contributed by atoms with Gasteiger partial charge in [0.05, 0.1) is 13.2 Å². The van der Waals surface area contributed by atoms with Gasteiger partial charge in [-0.05, 0) is 55.8 Å². The van der Waals surface area contributed by atoms with Crippen molar-refractivity contribution in [2.45, 2.75) is 45.1 Å². The first-order valence-electron chi connectivity index (χ1n) is 7.53. The minimum Gasteiger partial charge on any atom is -0.380 e. The topological polar surface area (TPSA) is 21.3 Å². The molecular weight excluding hydrogens is 210 g/mol. The summed E-state index contributed by atoms with van der Waals surface area (Å²) in [7, 11) is 0. The Balaban J connectivity index is 1.41. The smallest absolute Gasteiger partial charge is 0.0554 e. The van der Waals surface area contributed by atoms with Crippen molar-refractivity contribution in [3.63, 3.8) is 0 Å². The molecule has 0 radical (unpaired) electrons. The third-order valence-electron chi connectivity index (χ3n) is 5.89. The van der Waals surface area contributed by atoms with Gasteiger partial charge in [-0.1, -0.05) is 6.92 Å². The number of rotatable bonds is 3. The van der Waals surface area contributed by atoms with Gasteiger partial charge in [0.2, 0.25) is 0 Å². The normalized spacial score (nSPS) is 50.3. The predicted molar refractivity (Wildman–Crippen MR) is 67.8 cm³/mol. The van der Waals surface area contributed by atoms with Gasteiger partial charge in [0.1, 0.15) is 0 Å². The average Bonchev–Trinajstić information content (AvgIpc) is 2.24. The standard InChI is InChI=1S/C15H25NO/c1-15(8-17-9-15)7-16-14-12-3-10-2-11(5-12)6-13(14)4-10/h10-14,16H,2-9H2,1H3. The Hall–Kier alpha value is -0.0800. The maximum absolute atomic E-state index is 5.36. The van der Waals surface area contributed by atoms with Crippen LogP contribution < -0.4 is 5.32 Å². The first-order valence-corrected chi connectivity index (χ1v) is 7.53. The van der Waals surface area contributed by atoms with Gasteiger partial charge in [0.25, 0.3) is 0 Å². The van der Waals surface area contributed by atoms with Gasteiger partial charge >= 0.3 is 0 Å². The van der Waals surface area contributed by atoms with E-state index in [2.05, 4.69) is 12.2 Å². The molecule has 2 nitrogen and oxygen atoms in total. The average molecular weight is 235 g/mol. The third kappa shape index (κ3) is 1.76. The summed E-state index contributed by atoms with van der Waals surface area (Å²) in [4.78, 5) is 0. The lowest BCUT2D eigenvalue weighted by Crippen LogP contribution is -2.58. The van der Waals surface area contributed by atoms with E-state index in [1.807, 2.05) is 0 Å². The minimum atomic E-state index is 0.439. The Morgan fingerprint density at radius 2 is 1.59 bits per heavy atom. The molecule has 0 aromatic carbocycles. The molecule has 1 N–H and O–H groups in total. The van der Waals surface area contributed by atoms with Crippen LogP contribution in [0.1, 0.15) is 39.0 Å². The van der Waals surface area contributed by atoms with Crippen LogP contribution in [0.2, 0.25) is 0 Å². The Morgan fingerprint density at radius 1 is 1.00 bits per heavy atom. The summed E-state index contributed by atoms with van der Waals surface area (Å²) >= 11 is 0. The van der Waals surface area contributed by atoms with Crippen LogP contribution in [0.15, 0.2) is 0 Å². The third-order valence-corrected chi connectivity index (χ3v) is 5.89. The molecule has 1 saturated heterocycles. The monoisotopic (exact) mass is 235 g/mol. The van der Waals surface area contributed by atoms with Crippen LogP contribution in [0.3, 0.4) is 0 Å². The van der Waals surface area contributed by atoms with Gasteiger partial charge in [-0.25, -0.2) is 0 Å². The highest BCUT2D eigenvalue weighted by Crippen LogP contribution is 2.53. The molecule has 0 amide bonds. The van der Waals surface area contributed by atoms with Crippen LogP contribution in [-0.2, 0) is 4.74 Å². The summed E-state index contributed by atoms with van der Waals surface area (Å²) in [5.41, 5.74) is 0.439. The molecule has 0 aromatic heterocycles. The zero-order valence-corrected chi connectivity index (χ0v) is 11.0. The fourth-order valence-electron chi connectivity index (χ4n) is 5.18. The molecule has 2 heteroatoms. The summed E-state index contributed by atoms with van der Waals surface area (Å²) in [6.45, 7) is 5.47. The largest absolute Gasteiger partial charge is 0.380 e. The fraction of sp³-hybridized carbons (Fsp3) is 1.00. The van der Waals surface area contributed by atoms with Crippen molar-refractivity contribution in [3.05, 3.63) is 0 Å². The molecule has 5 rings (SSSR count). The Labute approximate surface area is 104 Å². The zero-order chi connectivity index (χ0) is 11.5. The van der Waals surface area contributed by atoms with Crippen molar-refractivity contribution in [1.82, 2.24) is 5.32 Å². The summed E-state index contributed by atoms with van der Waals surface area (Å²) < 4.78 is 5.36. The SMILES string of the molecule is CC1(CNC2C3CC4CC(C3)CC2C4)COC1. The van der Waals surface area contributed by atoms with E-state index in [0.29, 0.717) is 5.41 Å². The molecule has 5 fully saturated rings. The van der Waals surface area contributed by atoms with Gasteiger partial charge in [-0.15, -0.1) is 0 Å². The van der Waals surface area contributed by atoms with E-state index in [1.54, 1.807) is 6.42 Å². The molecular formula is C15H25NO. The molecule has 4 saturated carbocycles. The van der Waals surface area contributed by atoms with E-state index in [9.17, 15) is 0 Å². The molecule has 0 atom stereocenters. The number of nitrogens with one attached hydrogen (secondary N) is 1. The molecule has 96 valence electrons. The van der Waals surface area contributed by atoms with Crippen molar-refractivity contribution >= 4 is 0 Å². The van der Waals surface area contributed by atoms with Crippen molar-refractivity contribution in [3.8, 4) is 0 Å². The van der Waals surface area contributed by atoms with Gasteiger partial charge in [0.15, 0.2) is 0 Å². The fourth-order valence-corrected chi connectivity index (χ4v) is 5.18.